The summed E-state index contributed by atoms with van der Waals surface area (Å²) in [4.78, 5) is 15.8. The molecule has 0 radical (unpaired) electrons. The molecule has 0 fully saturated rings. The van der Waals surface area contributed by atoms with Gasteiger partial charge in [0.05, 0.1) is 0 Å². The number of carbonyl (C=O) groups excluding carboxylic acids is 1. The Morgan fingerprint density at radius 2 is 2.11 bits per heavy atom. The van der Waals surface area contributed by atoms with Gasteiger partial charge in [0.1, 0.15) is 10.4 Å². The zero-order chi connectivity index (χ0) is 13.1. The number of anilines is 1. The van der Waals surface area contributed by atoms with Crippen LogP contribution >= 0.6 is 15.9 Å². The predicted molar refractivity (Wildman–Crippen MR) is 71.0 cm³/mol. The molecule has 0 saturated heterocycles. The number of rotatable bonds is 2. The van der Waals surface area contributed by atoms with Crippen molar-refractivity contribution >= 4 is 27.5 Å². The molecule has 2 aromatic rings. The third-order valence-corrected chi connectivity index (χ3v) is 2.72. The van der Waals surface area contributed by atoms with Crippen LogP contribution in [0.3, 0.4) is 0 Å². The summed E-state index contributed by atoms with van der Waals surface area (Å²) in [7, 11) is 0. The highest BCUT2D eigenvalue weighted by molar-refractivity contribution is 9.10. The average molecular weight is 309 g/mol. The number of nitrogens with one attached hydrogen (secondary N) is 1. The number of carbonyl (C=O) groups is 1. The van der Waals surface area contributed by atoms with Crippen molar-refractivity contribution in [3.63, 3.8) is 0 Å². The zero-order valence-corrected chi connectivity index (χ0v) is 11.2. The first-order chi connectivity index (χ1) is 8.54. The molecule has 1 aromatic heterocycles. The van der Waals surface area contributed by atoms with Gasteiger partial charge in [-0.05, 0) is 58.7 Å². The molecule has 0 unspecified atom stereocenters. The van der Waals surface area contributed by atoms with E-state index in [1.807, 2.05) is 0 Å². The number of benzene rings is 1. The first-order valence-corrected chi connectivity index (χ1v) is 6.04. The monoisotopic (exact) mass is 308 g/mol. The first kappa shape index (κ1) is 12.7. The number of aromatic nitrogens is 1. The SMILES string of the molecule is Cc1cc(F)cc(NC(=O)c2ccnc(Br)c2)c1. The highest BCUT2D eigenvalue weighted by Gasteiger charge is 2.07. The summed E-state index contributed by atoms with van der Waals surface area (Å²) in [6, 6.07) is 7.57. The van der Waals surface area contributed by atoms with Gasteiger partial charge in [0.15, 0.2) is 0 Å². The second-order valence-electron chi connectivity index (χ2n) is 3.84. The van der Waals surface area contributed by atoms with Crippen LogP contribution in [0.1, 0.15) is 15.9 Å². The minimum absolute atomic E-state index is 0.303. The van der Waals surface area contributed by atoms with Crippen molar-refractivity contribution in [1.29, 1.82) is 0 Å². The lowest BCUT2D eigenvalue weighted by atomic mass is 10.2. The van der Waals surface area contributed by atoms with Crippen LogP contribution in [-0.2, 0) is 0 Å². The summed E-state index contributed by atoms with van der Waals surface area (Å²) < 4.78 is 13.8. The minimum Gasteiger partial charge on any atom is -0.322 e. The average Bonchev–Trinajstić information content (AvgIpc) is 2.27. The van der Waals surface area contributed by atoms with Crippen molar-refractivity contribution in [2.45, 2.75) is 6.92 Å². The van der Waals surface area contributed by atoms with Gasteiger partial charge in [-0.15, -0.1) is 0 Å². The van der Waals surface area contributed by atoms with E-state index in [4.69, 9.17) is 0 Å². The standard InChI is InChI=1S/C13H10BrFN2O/c1-8-4-10(15)7-11(5-8)17-13(18)9-2-3-16-12(14)6-9/h2-7H,1H3,(H,17,18). The number of aryl methyl sites for hydroxylation is 1. The maximum absolute atomic E-state index is 13.2. The fourth-order valence-electron chi connectivity index (χ4n) is 1.56. The molecule has 1 heterocycles. The van der Waals surface area contributed by atoms with E-state index in [2.05, 4.69) is 26.2 Å². The Balaban J connectivity index is 2.21. The highest BCUT2D eigenvalue weighted by atomic mass is 79.9. The van der Waals surface area contributed by atoms with E-state index in [0.29, 0.717) is 15.9 Å². The molecule has 2 rings (SSSR count). The Morgan fingerprint density at radius 3 is 2.78 bits per heavy atom. The van der Waals surface area contributed by atoms with Crippen molar-refractivity contribution in [1.82, 2.24) is 4.98 Å². The van der Waals surface area contributed by atoms with Crippen LogP contribution in [0, 0.1) is 12.7 Å². The van der Waals surface area contributed by atoms with Crippen LogP contribution in [-0.4, -0.2) is 10.9 Å². The summed E-state index contributed by atoms with van der Waals surface area (Å²) in [5.74, 6) is -0.677. The van der Waals surface area contributed by atoms with E-state index in [-0.39, 0.29) is 11.7 Å². The first-order valence-electron chi connectivity index (χ1n) is 5.25. The van der Waals surface area contributed by atoms with E-state index in [9.17, 15) is 9.18 Å². The van der Waals surface area contributed by atoms with Gasteiger partial charge >= 0.3 is 0 Å². The van der Waals surface area contributed by atoms with E-state index in [0.717, 1.165) is 5.56 Å². The highest BCUT2D eigenvalue weighted by Crippen LogP contribution is 2.15. The number of hydrogen-bond donors (Lipinski definition) is 1. The molecule has 1 aromatic carbocycles. The second-order valence-corrected chi connectivity index (χ2v) is 4.65. The molecule has 0 spiro atoms. The Morgan fingerprint density at radius 1 is 1.33 bits per heavy atom. The fraction of sp³-hybridized carbons (Fsp3) is 0.0769. The van der Waals surface area contributed by atoms with Gasteiger partial charge in [-0.3, -0.25) is 4.79 Å². The predicted octanol–water partition coefficient (Wildman–Crippen LogP) is 3.54. The Labute approximate surface area is 112 Å². The Hall–Kier alpha value is -1.75. The molecular formula is C13H10BrFN2O. The molecule has 0 aliphatic carbocycles. The summed E-state index contributed by atoms with van der Waals surface area (Å²) in [5, 5.41) is 2.64. The summed E-state index contributed by atoms with van der Waals surface area (Å²) in [6.45, 7) is 1.77. The van der Waals surface area contributed by atoms with Gasteiger partial charge in [-0.1, -0.05) is 0 Å². The molecule has 1 N–H and O–H groups in total. The van der Waals surface area contributed by atoms with Crippen LogP contribution in [0.2, 0.25) is 0 Å². The van der Waals surface area contributed by atoms with Crippen LogP contribution in [0.25, 0.3) is 0 Å². The molecule has 5 heteroatoms. The molecule has 0 aliphatic heterocycles. The van der Waals surface area contributed by atoms with Gasteiger partial charge in [0, 0.05) is 17.4 Å². The van der Waals surface area contributed by atoms with Crippen molar-refractivity contribution in [2.24, 2.45) is 0 Å². The van der Waals surface area contributed by atoms with Gasteiger partial charge in [0.2, 0.25) is 0 Å². The van der Waals surface area contributed by atoms with Crippen molar-refractivity contribution in [2.75, 3.05) is 5.32 Å². The molecule has 0 saturated carbocycles. The van der Waals surface area contributed by atoms with Gasteiger partial charge in [-0.25, -0.2) is 9.37 Å². The van der Waals surface area contributed by atoms with E-state index in [1.165, 1.54) is 18.3 Å². The van der Waals surface area contributed by atoms with Gasteiger partial charge < -0.3 is 5.32 Å². The van der Waals surface area contributed by atoms with Crippen LogP contribution in [0.5, 0.6) is 0 Å². The van der Waals surface area contributed by atoms with Crippen LogP contribution < -0.4 is 5.32 Å². The molecular weight excluding hydrogens is 299 g/mol. The minimum atomic E-state index is -0.374. The molecule has 3 nitrogen and oxygen atoms in total. The van der Waals surface area contributed by atoms with Crippen molar-refractivity contribution in [3.05, 3.63) is 58.1 Å². The Kier molecular flexibility index (Phi) is 3.72. The van der Waals surface area contributed by atoms with Crippen molar-refractivity contribution < 1.29 is 9.18 Å². The summed E-state index contributed by atoms with van der Waals surface area (Å²) in [5.41, 5.74) is 1.64. The van der Waals surface area contributed by atoms with E-state index < -0.39 is 0 Å². The quantitative estimate of drug-likeness (QED) is 0.862. The van der Waals surface area contributed by atoms with E-state index >= 15 is 0 Å². The third kappa shape index (κ3) is 3.13. The number of amides is 1. The van der Waals surface area contributed by atoms with Crippen LogP contribution in [0.4, 0.5) is 10.1 Å². The maximum Gasteiger partial charge on any atom is 0.255 e. The van der Waals surface area contributed by atoms with Crippen molar-refractivity contribution in [3.8, 4) is 0 Å². The molecule has 0 atom stereocenters. The molecule has 0 bridgehead atoms. The van der Waals surface area contributed by atoms with Crippen LogP contribution in [0.15, 0.2) is 41.1 Å². The number of hydrogen-bond acceptors (Lipinski definition) is 2. The molecule has 1 amide bonds. The lowest BCUT2D eigenvalue weighted by Crippen LogP contribution is -2.12. The zero-order valence-electron chi connectivity index (χ0n) is 9.58. The largest absolute Gasteiger partial charge is 0.322 e. The lowest BCUT2D eigenvalue weighted by Gasteiger charge is -2.06. The van der Waals surface area contributed by atoms with Gasteiger partial charge in [0.25, 0.3) is 5.91 Å². The summed E-state index contributed by atoms with van der Waals surface area (Å²) >= 11 is 3.19. The number of halogens is 2. The topological polar surface area (TPSA) is 42.0 Å². The number of nitrogens with zero attached hydrogens (tertiary/aromatic N) is 1. The maximum atomic E-state index is 13.2. The smallest absolute Gasteiger partial charge is 0.255 e. The van der Waals surface area contributed by atoms with E-state index in [1.54, 1.807) is 25.1 Å². The number of pyridine rings is 1. The lowest BCUT2D eigenvalue weighted by molar-refractivity contribution is 0.102. The molecule has 18 heavy (non-hydrogen) atoms. The molecule has 92 valence electrons. The Bertz CT molecular complexity index is 581. The normalized spacial score (nSPS) is 10.2. The summed E-state index contributed by atoms with van der Waals surface area (Å²) in [6.07, 6.45) is 1.52. The molecule has 0 aliphatic rings. The fourth-order valence-corrected chi connectivity index (χ4v) is 1.92. The second kappa shape index (κ2) is 5.27. The third-order valence-electron chi connectivity index (χ3n) is 2.29. The van der Waals surface area contributed by atoms with Gasteiger partial charge in [-0.2, -0.15) is 0 Å².